The van der Waals surface area contributed by atoms with Gasteiger partial charge in [0.05, 0.1) is 12.2 Å². The summed E-state index contributed by atoms with van der Waals surface area (Å²) >= 11 is 0. The van der Waals surface area contributed by atoms with Gasteiger partial charge in [-0.1, -0.05) is 0 Å². The minimum Gasteiger partial charge on any atom is -0.389 e. The first kappa shape index (κ1) is 8.27. The van der Waals surface area contributed by atoms with Gasteiger partial charge in [0.15, 0.2) is 0 Å². The van der Waals surface area contributed by atoms with E-state index in [-0.39, 0.29) is 12.2 Å². The van der Waals surface area contributed by atoms with Crippen molar-refractivity contribution >= 4 is 0 Å². The van der Waals surface area contributed by atoms with Crippen molar-refractivity contribution in [2.75, 3.05) is 0 Å². The molecule has 0 unspecified atom stereocenters. The molecule has 0 aromatic carbocycles. The molecule has 0 fully saturated rings. The second-order valence-electron chi connectivity index (χ2n) is 3.87. The molecule has 0 saturated carbocycles. The van der Waals surface area contributed by atoms with Crippen molar-refractivity contribution in [3.05, 3.63) is 11.1 Å². The molecule has 0 spiro atoms. The van der Waals surface area contributed by atoms with Crippen molar-refractivity contribution in [1.29, 1.82) is 0 Å². The third-order valence-electron chi connectivity index (χ3n) is 3.06. The Balaban J connectivity index is 2.26. The van der Waals surface area contributed by atoms with E-state index in [1.807, 2.05) is 0 Å². The minimum absolute atomic E-state index is 0.247. The van der Waals surface area contributed by atoms with E-state index >= 15 is 0 Å². The topological polar surface area (TPSA) is 40.5 Å². The van der Waals surface area contributed by atoms with Crippen LogP contribution in [0.15, 0.2) is 11.1 Å². The molecule has 12 heavy (non-hydrogen) atoms. The summed E-state index contributed by atoms with van der Waals surface area (Å²) in [5.41, 5.74) is 2.31. The van der Waals surface area contributed by atoms with Crippen molar-refractivity contribution in [3.63, 3.8) is 0 Å². The first-order valence-corrected chi connectivity index (χ1v) is 4.87. The summed E-state index contributed by atoms with van der Waals surface area (Å²) in [4.78, 5) is 0. The summed E-state index contributed by atoms with van der Waals surface area (Å²) in [6.07, 6.45) is 5.39. The maximum atomic E-state index is 9.65. The van der Waals surface area contributed by atoms with E-state index in [9.17, 15) is 10.2 Å². The zero-order chi connectivity index (χ0) is 8.55. The van der Waals surface area contributed by atoms with E-state index in [0.717, 1.165) is 49.7 Å². The van der Waals surface area contributed by atoms with Gasteiger partial charge in [-0.2, -0.15) is 0 Å². The van der Waals surface area contributed by atoms with Crippen LogP contribution in [-0.4, -0.2) is 22.4 Å². The van der Waals surface area contributed by atoms with Crippen LogP contribution in [0.4, 0.5) is 0 Å². The molecule has 0 bridgehead atoms. The standard InChI is InChI=1S/C10H16O2/c11-9-5-1-3-7-8(9)4-2-6-10(7)12/h9-12H,1-6H2/t9-,10+. The molecule has 2 aliphatic rings. The van der Waals surface area contributed by atoms with E-state index in [0.29, 0.717) is 0 Å². The molecule has 2 N–H and O–H groups in total. The molecule has 2 atom stereocenters. The van der Waals surface area contributed by atoms with Crippen molar-refractivity contribution in [2.45, 2.75) is 50.7 Å². The Kier molecular flexibility index (Phi) is 2.20. The van der Waals surface area contributed by atoms with E-state index < -0.39 is 0 Å². The van der Waals surface area contributed by atoms with Crippen molar-refractivity contribution in [3.8, 4) is 0 Å². The fourth-order valence-corrected chi connectivity index (χ4v) is 2.40. The number of hydrogen-bond acceptors (Lipinski definition) is 2. The Morgan fingerprint density at radius 2 is 1.25 bits per heavy atom. The highest BCUT2D eigenvalue weighted by Gasteiger charge is 2.27. The molecule has 0 aliphatic heterocycles. The normalized spacial score (nSPS) is 36.5. The highest BCUT2D eigenvalue weighted by molar-refractivity contribution is 5.26. The quantitative estimate of drug-likeness (QED) is 0.536. The molecular weight excluding hydrogens is 152 g/mol. The monoisotopic (exact) mass is 168 g/mol. The van der Waals surface area contributed by atoms with Gasteiger partial charge in [-0.05, 0) is 49.7 Å². The molecule has 68 valence electrons. The molecule has 2 aliphatic carbocycles. The average molecular weight is 168 g/mol. The second-order valence-corrected chi connectivity index (χ2v) is 3.87. The van der Waals surface area contributed by atoms with Gasteiger partial charge in [0.2, 0.25) is 0 Å². The second kappa shape index (κ2) is 3.19. The summed E-state index contributed by atoms with van der Waals surface area (Å²) in [5.74, 6) is 0. The third kappa shape index (κ3) is 1.29. The Bertz CT molecular complexity index is 186. The van der Waals surface area contributed by atoms with Crippen LogP contribution in [0, 0.1) is 0 Å². The summed E-state index contributed by atoms with van der Waals surface area (Å²) in [5, 5.41) is 19.3. The maximum absolute atomic E-state index is 9.65. The predicted octanol–water partition coefficient (Wildman–Crippen LogP) is 1.37. The van der Waals surface area contributed by atoms with Crippen LogP contribution in [0.1, 0.15) is 38.5 Å². The number of aliphatic hydroxyl groups excluding tert-OH is 2. The molecule has 0 amide bonds. The highest BCUT2D eigenvalue weighted by atomic mass is 16.3. The average Bonchev–Trinajstić information content (AvgIpc) is 2.07. The van der Waals surface area contributed by atoms with Gasteiger partial charge < -0.3 is 10.2 Å². The SMILES string of the molecule is O[C@@H]1CCCC2=C1CCC[C@@H]2O. The van der Waals surface area contributed by atoms with Crippen LogP contribution < -0.4 is 0 Å². The zero-order valence-corrected chi connectivity index (χ0v) is 7.29. The Morgan fingerprint density at radius 1 is 0.833 bits per heavy atom. The molecule has 0 aromatic rings. The largest absolute Gasteiger partial charge is 0.389 e. The first-order chi connectivity index (χ1) is 5.79. The van der Waals surface area contributed by atoms with E-state index in [1.54, 1.807) is 0 Å². The molecule has 0 radical (unpaired) electrons. The van der Waals surface area contributed by atoms with Gasteiger partial charge in [0.1, 0.15) is 0 Å². The van der Waals surface area contributed by atoms with E-state index in [1.165, 1.54) is 0 Å². The van der Waals surface area contributed by atoms with E-state index in [2.05, 4.69) is 0 Å². The Morgan fingerprint density at radius 3 is 1.67 bits per heavy atom. The van der Waals surface area contributed by atoms with Crippen LogP contribution in [0.5, 0.6) is 0 Å². The van der Waals surface area contributed by atoms with Crippen LogP contribution in [0.2, 0.25) is 0 Å². The van der Waals surface area contributed by atoms with Gasteiger partial charge in [-0.25, -0.2) is 0 Å². The number of aliphatic hydroxyl groups is 2. The van der Waals surface area contributed by atoms with E-state index in [4.69, 9.17) is 0 Å². The first-order valence-electron chi connectivity index (χ1n) is 4.87. The van der Waals surface area contributed by atoms with Gasteiger partial charge in [-0.15, -0.1) is 0 Å². The summed E-state index contributed by atoms with van der Waals surface area (Å²) in [7, 11) is 0. The highest BCUT2D eigenvalue weighted by Crippen LogP contribution is 2.35. The van der Waals surface area contributed by atoms with Crippen LogP contribution in [0.25, 0.3) is 0 Å². The summed E-state index contributed by atoms with van der Waals surface area (Å²) in [6, 6.07) is 0. The smallest absolute Gasteiger partial charge is 0.0753 e. The van der Waals surface area contributed by atoms with Crippen molar-refractivity contribution in [2.24, 2.45) is 0 Å². The lowest BCUT2D eigenvalue weighted by molar-refractivity contribution is 0.140. The Hall–Kier alpha value is -0.340. The molecule has 2 heteroatoms. The lowest BCUT2D eigenvalue weighted by Gasteiger charge is -2.31. The maximum Gasteiger partial charge on any atom is 0.0753 e. The fraction of sp³-hybridized carbons (Fsp3) is 0.800. The molecule has 0 aromatic heterocycles. The number of hydrogen-bond donors (Lipinski definition) is 2. The van der Waals surface area contributed by atoms with Gasteiger partial charge >= 0.3 is 0 Å². The van der Waals surface area contributed by atoms with Crippen LogP contribution in [-0.2, 0) is 0 Å². The molecule has 2 rings (SSSR count). The summed E-state index contributed by atoms with van der Waals surface area (Å²) in [6.45, 7) is 0. The van der Waals surface area contributed by atoms with Gasteiger partial charge in [-0.3, -0.25) is 0 Å². The minimum atomic E-state index is -0.247. The molecule has 0 saturated heterocycles. The van der Waals surface area contributed by atoms with Gasteiger partial charge in [0.25, 0.3) is 0 Å². The molecule has 0 heterocycles. The lowest BCUT2D eigenvalue weighted by Crippen LogP contribution is -2.27. The fourth-order valence-electron chi connectivity index (χ4n) is 2.40. The predicted molar refractivity (Wildman–Crippen MR) is 46.7 cm³/mol. The van der Waals surface area contributed by atoms with Crippen molar-refractivity contribution < 1.29 is 10.2 Å². The van der Waals surface area contributed by atoms with Crippen molar-refractivity contribution in [1.82, 2.24) is 0 Å². The Labute approximate surface area is 72.9 Å². The van der Waals surface area contributed by atoms with Crippen LogP contribution in [0.3, 0.4) is 0 Å². The van der Waals surface area contributed by atoms with Gasteiger partial charge in [0, 0.05) is 0 Å². The molecular formula is C10H16O2. The summed E-state index contributed by atoms with van der Waals surface area (Å²) < 4.78 is 0. The third-order valence-corrected chi connectivity index (χ3v) is 3.06. The zero-order valence-electron chi connectivity index (χ0n) is 7.29. The number of rotatable bonds is 0. The lowest BCUT2D eigenvalue weighted by atomic mass is 9.79. The van der Waals surface area contributed by atoms with Crippen LogP contribution >= 0.6 is 0 Å². The molecule has 2 nitrogen and oxygen atoms in total.